The molecule has 1 saturated carbocycles. The summed E-state index contributed by atoms with van der Waals surface area (Å²) in [5, 5.41) is 8.39. The van der Waals surface area contributed by atoms with Gasteiger partial charge in [0.05, 0.1) is 10.9 Å². The maximum Gasteiger partial charge on any atom is 0.253 e. The minimum Gasteiger partial charge on any atom is -0.442 e. The first-order chi connectivity index (χ1) is 11.8. The predicted molar refractivity (Wildman–Crippen MR) is 93.3 cm³/mol. The van der Waals surface area contributed by atoms with Gasteiger partial charge in [-0.1, -0.05) is 0 Å². The van der Waals surface area contributed by atoms with Gasteiger partial charge in [-0.25, -0.2) is 4.98 Å². The first-order valence-electron chi connectivity index (χ1n) is 8.17. The molecule has 0 aromatic carbocycles. The zero-order valence-corrected chi connectivity index (χ0v) is 14.7. The predicted octanol–water partition coefficient (Wildman–Crippen LogP) is 2.30. The Balaban J connectivity index is 1.96. The molecule has 3 heterocycles. The number of aromatic nitrogens is 4. The molecule has 3 aromatic rings. The van der Waals surface area contributed by atoms with E-state index in [2.05, 4.69) is 27.3 Å². The molecule has 3 aromatic heterocycles. The minimum atomic E-state index is -0.551. The van der Waals surface area contributed by atoms with Crippen molar-refractivity contribution < 1.29 is 9.21 Å². The Bertz CT molecular complexity index is 992. The van der Waals surface area contributed by atoms with Gasteiger partial charge in [-0.15, -0.1) is 0 Å². The third kappa shape index (κ3) is 2.54. The van der Waals surface area contributed by atoms with E-state index < -0.39 is 5.91 Å². The second-order valence-corrected chi connectivity index (χ2v) is 6.95. The highest BCUT2D eigenvalue weighted by molar-refractivity contribution is 6.09. The zero-order chi connectivity index (χ0) is 17.9. The van der Waals surface area contributed by atoms with Crippen molar-refractivity contribution in [3.8, 4) is 11.5 Å². The van der Waals surface area contributed by atoms with E-state index in [0.29, 0.717) is 39.8 Å². The molecule has 0 radical (unpaired) electrons. The molecule has 3 N–H and O–H groups in total. The number of amides is 1. The maximum absolute atomic E-state index is 11.9. The van der Waals surface area contributed by atoms with Crippen molar-refractivity contribution in [2.24, 2.45) is 12.8 Å². The van der Waals surface area contributed by atoms with Crippen LogP contribution in [0.5, 0.6) is 0 Å². The van der Waals surface area contributed by atoms with Crippen LogP contribution in [0.15, 0.2) is 10.5 Å². The van der Waals surface area contributed by atoms with Crippen LogP contribution in [0.25, 0.3) is 22.6 Å². The number of furan rings is 1. The Kier molecular flexibility index (Phi) is 3.15. The zero-order valence-electron chi connectivity index (χ0n) is 14.7. The van der Waals surface area contributed by atoms with Gasteiger partial charge in [0.15, 0.2) is 5.82 Å². The van der Waals surface area contributed by atoms with Crippen molar-refractivity contribution in [1.82, 2.24) is 19.7 Å². The number of nitrogens with zero attached hydrogens (tertiary/aromatic N) is 4. The molecule has 25 heavy (non-hydrogen) atoms. The van der Waals surface area contributed by atoms with Crippen LogP contribution < -0.4 is 11.1 Å². The van der Waals surface area contributed by atoms with Gasteiger partial charge in [-0.2, -0.15) is 10.1 Å². The van der Waals surface area contributed by atoms with Crippen molar-refractivity contribution >= 4 is 22.8 Å². The molecule has 0 aliphatic heterocycles. The molecule has 0 spiro atoms. The van der Waals surface area contributed by atoms with E-state index in [1.54, 1.807) is 11.6 Å². The number of fused-ring (bicyclic) bond motifs is 1. The fraction of sp³-hybridized carbons (Fsp3) is 0.412. The lowest BCUT2D eigenvalue weighted by atomic mass is 10.1. The highest BCUT2D eigenvalue weighted by Gasteiger charge is 2.39. The van der Waals surface area contributed by atoms with Crippen LogP contribution in [0.1, 0.15) is 41.6 Å². The molecule has 8 heteroatoms. The van der Waals surface area contributed by atoms with Crippen LogP contribution >= 0.6 is 0 Å². The SMILES string of the molecule is Cc1oc2nc(-c3cc(C)n(C)n3)nc(NC3(C)CC3)c2c1C(N)=O. The molecule has 1 aliphatic rings. The molecule has 1 amide bonds. The van der Waals surface area contributed by atoms with E-state index in [1.165, 1.54) is 0 Å². The molecule has 1 aliphatic carbocycles. The van der Waals surface area contributed by atoms with Crippen LogP contribution in [0.4, 0.5) is 5.82 Å². The fourth-order valence-corrected chi connectivity index (χ4v) is 2.88. The maximum atomic E-state index is 11.9. The molecule has 0 bridgehead atoms. The summed E-state index contributed by atoms with van der Waals surface area (Å²) in [6.07, 6.45) is 2.08. The first-order valence-corrected chi connectivity index (χ1v) is 8.17. The van der Waals surface area contributed by atoms with Crippen molar-refractivity contribution in [3.05, 3.63) is 23.1 Å². The van der Waals surface area contributed by atoms with E-state index in [1.807, 2.05) is 20.0 Å². The lowest BCUT2D eigenvalue weighted by Crippen LogP contribution is -2.19. The second-order valence-electron chi connectivity index (χ2n) is 6.95. The summed E-state index contributed by atoms with van der Waals surface area (Å²) in [5.74, 6) is 0.905. The van der Waals surface area contributed by atoms with Gasteiger partial charge < -0.3 is 15.5 Å². The number of nitrogens with one attached hydrogen (secondary N) is 1. The summed E-state index contributed by atoms with van der Waals surface area (Å²) in [4.78, 5) is 21.0. The van der Waals surface area contributed by atoms with E-state index in [4.69, 9.17) is 10.2 Å². The largest absolute Gasteiger partial charge is 0.442 e. The van der Waals surface area contributed by atoms with Gasteiger partial charge in [0.25, 0.3) is 5.91 Å². The minimum absolute atomic E-state index is 0.0291. The van der Waals surface area contributed by atoms with Gasteiger partial charge in [-0.05, 0) is 39.7 Å². The number of hydrogen-bond donors (Lipinski definition) is 2. The average Bonchev–Trinajstić information content (AvgIpc) is 2.99. The van der Waals surface area contributed by atoms with Crippen molar-refractivity contribution in [1.29, 1.82) is 0 Å². The molecule has 0 saturated heterocycles. The third-order valence-electron chi connectivity index (χ3n) is 4.74. The number of aryl methyl sites for hydroxylation is 3. The number of primary amides is 1. The van der Waals surface area contributed by atoms with Crippen LogP contribution in [0.3, 0.4) is 0 Å². The molecular weight excluding hydrogens is 320 g/mol. The summed E-state index contributed by atoms with van der Waals surface area (Å²) in [6.45, 7) is 5.78. The highest BCUT2D eigenvalue weighted by Crippen LogP contribution is 2.41. The third-order valence-corrected chi connectivity index (χ3v) is 4.74. The molecular formula is C17H20N6O2. The van der Waals surface area contributed by atoms with Gasteiger partial charge in [-0.3, -0.25) is 9.48 Å². The number of carbonyl (C=O) groups is 1. The Morgan fingerprint density at radius 3 is 2.64 bits per heavy atom. The molecule has 130 valence electrons. The van der Waals surface area contributed by atoms with Gasteiger partial charge in [0.1, 0.15) is 17.3 Å². The lowest BCUT2D eigenvalue weighted by Gasteiger charge is -2.13. The van der Waals surface area contributed by atoms with E-state index in [9.17, 15) is 4.79 Å². The smallest absolute Gasteiger partial charge is 0.253 e. The first kappa shape index (κ1) is 15.6. The summed E-state index contributed by atoms with van der Waals surface area (Å²) >= 11 is 0. The van der Waals surface area contributed by atoms with Crippen molar-refractivity contribution in [2.45, 2.75) is 39.2 Å². The number of hydrogen-bond acceptors (Lipinski definition) is 6. The molecule has 0 atom stereocenters. The molecule has 0 unspecified atom stereocenters. The van der Waals surface area contributed by atoms with Gasteiger partial charge in [0, 0.05) is 18.3 Å². The Morgan fingerprint density at radius 1 is 1.36 bits per heavy atom. The summed E-state index contributed by atoms with van der Waals surface area (Å²) in [7, 11) is 1.87. The Labute approximate surface area is 144 Å². The van der Waals surface area contributed by atoms with Gasteiger partial charge in [0.2, 0.25) is 5.71 Å². The van der Waals surface area contributed by atoms with Crippen LogP contribution in [-0.2, 0) is 7.05 Å². The average molecular weight is 340 g/mol. The Morgan fingerprint density at radius 2 is 2.08 bits per heavy atom. The number of rotatable bonds is 4. The topological polar surface area (TPSA) is 112 Å². The summed E-state index contributed by atoms with van der Waals surface area (Å²) < 4.78 is 7.47. The number of nitrogens with two attached hydrogens (primary N) is 1. The summed E-state index contributed by atoms with van der Waals surface area (Å²) in [6, 6.07) is 1.91. The standard InChI is InChI=1S/C17H20N6O2/c1-8-7-10(22-23(8)4)14-19-15(21-17(3)5-6-17)12-11(13(18)24)9(2)25-16(12)20-14/h7H,5-6H2,1-4H3,(H2,18,24)(H,19,20,21). The number of carbonyl (C=O) groups excluding carboxylic acids is 1. The Hall–Kier alpha value is -2.90. The molecule has 4 rings (SSSR count). The van der Waals surface area contributed by atoms with Crippen molar-refractivity contribution in [2.75, 3.05) is 5.32 Å². The van der Waals surface area contributed by atoms with E-state index in [-0.39, 0.29) is 5.54 Å². The van der Waals surface area contributed by atoms with E-state index >= 15 is 0 Å². The van der Waals surface area contributed by atoms with Crippen LogP contribution in [0, 0.1) is 13.8 Å². The second kappa shape index (κ2) is 5.05. The highest BCUT2D eigenvalue weighted by atomic mass is 16.3. The van der Waals surface area contributed by atoms with Crippen LogP contribution in [-0.4, -0.2) is 31.2 Å². The summed E-state index contributed by atoms with van der Waals surface area (Å²) in [5.41, 5.74) is 7.83. The molecule has 8 nitrogen and oxygen atoms in total. The number of anilines is 1. The monoisotopic (exact) mass is 340 g/mol. The lowest BCUT2D eigenvalue weighted by molar-refractivity contribution is 0.1000. The van der Waals surface area contributed by atoms with Crippen LogP contribution in [0.2, 0.25) is 0 Å². The fourth-order valence-electron chi connectivity index (χ4n) is 2.88. The quantitative estimate of drug-likeness (QED) is 0.754. The van der Waals surface area contributed by atoms with E-state index in [0.717, 1.165) is 18.5 Å². The van der Waals surface area contributed by atoms with Gasteiger partial charge >= 0.3 is 0 Å². The van der Waals surface area contributed by atoms with Crippen molar-refractivity contribution in [3.63, 3.8) is 0 Å². The molecule has 1 fully saturated rings. The normalized spacial score (nSPS) is 15.5.